The van der Waals surface area contributed by atoms with Gasteiger partial charge in [0.15, 0.2) is 5.96 Å². The van der Waals surface area contributed by atoms with E-state index in [2.05, 4.69) is 39.9 Å². The first kappa shape index (κ1) is 14.4. The lowest BCUT2D eigenvalue weighted by molar-refractivity contribution is 0.306. The first-order valence-corrected chi connectivity index (χ1v) is 7.68. The van der Waals surface area contributed by atoms with Crippen LogP contribution in [0.15, 0.2) is 59.6 Å². The number of aliphatic imine (C=N–C) groups is 1. The average molecular weight is 295 g/mol. The Morgan fingerprint density at radius 1 is 1.05 bits per heavy atom. The number of ether oxygens (including phenoxy) is 1. The van der Waals surface area contributed by atoms with Gasteiger partial charge in [-0.15, -0.1) is 0 Å². The van der Waals surface area contributed by atoms with Gasteiger partial charge in [0.2, 0.25) is 0 Å². The molecular weight excluding hydrogens is 274 g/mol. The van der Waals surface area contributed by atoms with Crippen molar-refractivity contribution in [2.75, 3.05) is 19.6 Å². The Bertz CT molecular complexity index is 625. The van der Waals surface area contributed by atoms with E-state index in [1.807, 2.05) is 30.3 Å². The zero-order valence-corrected chi connectivity index (χ0v) is 12.6. The molecule has 0 aliphatic carbocycles. The Kier molecular flexibility index (Phi) is 4.92. The molecule has 2 aromatic carbocycles. The zero-order chi connectivity index (χ0) is 15.0. The van der Waals surface area contributed by atoms with Crippen LogP contribution in [0.2, 0.25) is 0 Å². The third-order valence-corrected chi connectivity index (χ3v) is 3.53. The van der Waals surface area contributed by atoms with Crippen molar-refractivity contribution in [2.24, 2.45) is 4.99 Å². The molecule has 1 aliphatic heterocycles. The van der Waals surface area contributed by atoms with E-state index in [-0.39, 0.29) is 0 Å². The van der Waals surface area contributed by atoms with Gasteiger partial charge in [0.05, 0.1) is 6.54 Å². The minimum atomic E-state index is 0.600. The number of guanidine groups is 1. The molecule has 2 N–H and O–H groups in total. The van der Waals surface area contributed by atoms with Crippen molar-refractivity contribution in [2.45, 2.75) is 13.0 Å². The summed E-state index contributed by atoms with van der Waals surface area (Å²) in [6.45, 7) is 3.27. The van der Waals surface area contributed by atoms with E-state index in [0.29, 0.717) is 6.61 Å². The molecule has 1 aliphatic rings. The van der Waals surface area contributed by atoms with E-state index < -0.39 is 0 Å². The molecule has 3 rings (SSSR count). The molecule has 114 valence electrons. The molecule has 4 nitrogen and oxygen atoms in total. The summed E-state index contributed by atoms with van der Waals surface area (Å²) in [5.41, 5.74) is 2.44. The topological polar surface area (TPSA) is 45.6 Å². The number of rotatable bonds is 6. The second kappa shape index (κ2) is 7.50. The smallest absolute Gasteiger partial charge is 0.191 e. The molecule has 0 saturated heterocycles. The first-order valence-electron chi connectivity index (χ1n) is 7.68. The van der Waals surface area contributed by atoms with Crippen LogP contribution in [0.25, 0.3) is 0 Å². The first-order chi connectivity index (χ1) is 10.9. The average Bonchev–Trinajstić information content (AvgIpc) is 3.08. The molecule has 0 fully saturated rings. The van der Waals surface area contributed by atoms with Gasteiger partial charge in [-0.05, 0) is 29.7 Å². The molecule has 0 unspecified atom stereocenters. The fraction of sp³-hybridized carbons (Fsp3) is 0.278. The fourth-order valence-corrected chi connectivity index (χ4v) is 2.37. The van der Waals surface area contributed by atoms with Gasteiger partial charge in [-0.2, -0.15) is 0 Å². The standard InChI is InChI=1S/C18H21N3O/c1-2-5-16(6-3-1)14-22-17-8-4-7-15(13-17)9-10-19-18-20-11-12-21-18/h1-8,13H,9-12,14H2,(H2,19,20,21). The molecule has 2 aromatic rings. The van der Waals surface area contributed by atoms with Crippen molar-refractivity contribution in [3.05, 3.63) is 65.7 Å². The Morgan fingerprint density at radius 3 is 2.73 bits per heavy atom. The highest BCUT2D eigenvalue weighted by Gasteiger charge is 2.03. The number of nitrogens with zero attached hydrogens (tertiary/aromatic N) is 1. The summed E-state index contributed by atoms with van der Waals surface area (Å²) in [5, 5.41) is 6.51. The second-order valence-corrected chi connectivity index (χ2v) is 5.26. The zero-order valence-electron chi connectivity index (χ0n) is 12.6. The van der Waals surface area contributed by atoms with Crippen LogP contribution >= 0.6 is 0 Å². The largest absolute Gasteiger partial charge is 0.489 e. The predicted octanol–water partition coefficient (Wildman–Crippen LogP) is 2.36. The van der Waals surface area contributed by atoms with Crippen molar-refractivity contribution >= 4 is 5.96 Å². The maximum atomic E-state index is 5.86. The normalized spacial score (nSPS) is 13.4. The van der Waals surface area contributed by atoms with Crippen LogP contribution in [0.5, 0.6) is 5.75 Å². The van der Waals surface area contributed by atoms with Crippen LogP contribution in [0, 0.1) is 0 Å². The van der Waals surface area contributed by atoms with Gasteiger partial charge in [-0.25, -0.2) is 0 Å². The monoisotopic (exact) mass is 295 g/mol. The summed E-state index contributed by atoms with van der Waals surface area (Å²) in [6.07, 6.45) is 0.948. The van der Waals surface area contributed by atoms with Crippen LogP contribution in [-0.2, 0) is 13.0 Å². The Balaban J connectivity index is 1.49. The molecule has 0 saturated carbocycles. The van der Waals surface area contributed by atoms with E-state index in [0.717, 1.165) is 37.8 Å². The summed E-state index contributed by atoms with van der Waals surface area (Å²) >= 11 is 0. The van der Waals surface area contributed by atoms with E-state index in [1.54, 1.807) is 0 Å². The van der Waals surface area contributed by atoms with Gasteiger partial charge in [0.25, 0.3) is 0 Å². The van der Waals surface area contributed by atoms with Gasteiger partial charge in [0.1, 0.15) is 12.4 Å². The minimum absolute atomic E-state index is 0.600. The quantitative estimate of drug-likeness (QED) is 0.860. The predicted molar refractivity (Wildman–Crippen MR) is 89.2 cm³/mol. The molecule has 0 bridgehead atoms. The molecule has 0 amide bonds. The number of benzene rings is 2. The van der Waals surface area contributed by atoms with Crippen LogP contribution in [0.4, 0.5) is 0 Å². The van der Waals surface area contributed by atoms with Gasteiger partial charge < -0.3 is 15.4 Å². The van der Waals surface area contributed by atoms with Crippen LogP contribution < -0.4 is 15.4 Å². The van der Waals surface area contributed by atoms with Crippen LogP contribution in [0.3, 0.4) is 0 Å². The van der Waals surface area contributed by atoms with E-state index in [1.165, 1.54) is 11.1 Å². The highest BCUT2D eigenvalue weighted by atomic mass is 16.5. The van der Waals surface area contributed by atoms with E-state index in [4.69, 9.17) is 4.74 Å². The molecular formula is C18H21N3O. The van der Waals surface area contributed by atoms with Gasteiger partial charge >= 0.3 is 0 Å². The van der Waals surface area contributed by atoms with Crippen molar-refractivity contribution in [3.8, 4) is 5.75 Å². The lowest BCUT2D eigenvalue weighted by atomic mass is 10.1. The third kappa shape index (κ3) is 4.25. The Morgan fingerprint density at radius 2 is 1.91 bits per heavy atom. The summed E-state index contributed by atoms with van der Waals surface area (Å²) in [7, 11) is 0. The SMILES string of the molecule is c1ccc(COc2cccc(CCNC3=NCCN3)c2)cc1. The minimum Gasteiger partial charge on any atom is -0.489 e. The van der Waals surface area contributed by atoms with Crippen LogP contribution in [0.1, 0.15) is 11.1 Å². The van der Waals surface area contributed by atoms with E-state index >= 15 is 0 Å². The Hall–Kier alpha value is -2.49. The van der Waals surface area contributed by atoms with Gasteiger partial charge in [-0.1, -0.05) is 42.5 Å². The lowest BCUT2D eigenvalue weighted by Crippen LogP contribution is -2.34. The van der Waals surface area contributed by atoms with Crippen molar-refractivity contribution in [1.82, 2.24) is 10.6 Å². The molecule has 0 atom stereocenters. The second-order valence-electron chi connectivity index (χ2n) is 5.26. The molecule has 0 spiro atoms. The summed E-state index contributed by atoms with van der Waals surface area (Å²) in [4.78, 5) is 4.32. The highest BCUT2D eigenvalue weighted by Crippen LogP contribution is 2.15. The van der Waals surface area contributed by atoms with Gasteiger partial charge in [-0.3, -0.25) is 4.99 Å². The highest BCUT2D eigenvalue weighted by molar-refractivity contribution is 5.81. The summed E-state index contributed by atoms with van der Waals surface area (Å²) < 4.78 is 5.86. The maximum absolute atomic E-state index is 5.86. The van der Waals surface area contributed by atoms with Crippen molar-refractivity contribution in [3.63, 3.8) is 0 Å². The molecule has 0 aromatic heterocycles. The molecule has 4 heteroatoms. The summed E-state index contributed by atoms with van der Waals surface area (Å²) in [6, 6.07) is 18.5. The van der Waals surface area contributed by atoms with Crippen LogP contribution in [-0.4, -0.2) is 25.6 Å². The number of hydrogen-bond donors (Lipinski definition) is 2. The number of hydrogen-bond acceptors (Lipinski definition) is 4. The number of nitrogens with one attached hydrogen (secondary N) is 2. The maximum Gasteiger partial charge on any atom is 0.191 e. The molecule has 1 heterocycles. The molecule has 22 heavy (non-hydrogen) atoms. The Labute approximate surface area is 131 Å². The van der Waals surface area contributed by atoms with Gasteiger partial charge in [0, 0.05) is 13.1 Å². The third-order valence-electron chi connectivity index (χ3n) is 3.53. The lowest BCUT2D eigenvalue weighted by Gasteiger charge is -2.09. The van der Waals surface area contributed by atoms with E-state index in [9.17, 15) is 0 Å². The fourth-order valence-electron chi connectivity index (χ4n) is 2.37. The summed E-state index contributed by atoms with van der Waals surface area (Å²) in [5.74, 6) is 1.83. The van der Waals surface area contributed by atoms with Crippen molar-refractivity contribution < 1.29 is 4.74 Å². The molecule has 0 radical (unpaired) electrons. The van der Waals surface area contributed by atoms with Crippen molar-refractivity contribution in [1.29, 1.82) is 0 Å².